The quantitative estimate of drug-likeness (QED) is 0.511. The second-order valence-corrected chi connectivity index (χ2v) is 2.92. The first-order valence-corrected chi connectivity index (χ1v) is 3.96. The van der Waals surface area contributed by atoms with E-state index in [0.717, 1.165) is 24.8 Å². The molecule has 0 fully saturated rings. The van der Waals surface area contributed by atoms with E-state index in [1.165, 1.54) is 5.57 Å². The Morgan fingerprint density at radius 3 is 3.00 bits per heavy atom. The topological polar surface area (TPSA) is 17.1 Å². The molecule has 0 radical (unpaired) electrons. The highest BCUT2D eigenvalue weighted by Gasteiger charge is 2.20. The lowest BCUT2D eigenvalue weighted by Gasteiger charge is -1.94. The van der Waals surface area contributed by atoms with Crippen LogP contribution in [0, 0.1) is 0 Å². The number of carbonyl (C=O) groups is 1. The van der Waals surface area contributed by atoms with E-state index in [2.05, 4.69) is 6.08 Å². The fourth-order valence-electron chi connectivity index (χ4n) is 1.59. The number of rotatable bonds is 0. The molecule has 0 heterocycles. The molecule has 0 aromatic heterocycles. The van der Waals surface area contributed by atoms with Gasteiger partial charge in [-0.05, 0) is 18.4 Å². The molecule has 0 N–H and O–H groups in total. The molecule has 0 saturated heterocycles. The largest absolute Gasteiger partial charge is 0.295 e. The lowest BCUT2D eigenvalue weighted by Crippen LogP contribution is -1.93. The van der Waals surface area contributed by atoms with Crippen molar-refractivity contribution in [2.45, 2.75) is 19.3 Å². The molecule has 0 aliphatic heterocycles. The summed E-state index contributed by atoms with van der Waals surface area (Å²) in [5.74, 6) is 0.344. The van der Waals surface area contributed by atoms with Gasteiger partial charge in [0.2, 0.25) is 0 Å². The van der Waals surface area contributed by atoms with Crippen molar-refractivity contribution >= 4 is 5.78 Å². The van der Waals surface area contributed by atoms with Gasteiger partial charge in [-0.1, -0.05) is 24.3 Å². The zero-order chi connectivity index (χ0) is 7.68. The zero-order valence-corrected chi connectivity index (χ0v) is 6.34. The van der Waals surface area contributed by atoms with Gasteiger partial charge in [0, 0.05) is 12.0 Å². The summed E-state index contributed by atoms with van der Waals surface area (Å²) in [7, 11) is 0. The van der Waals surface area contributed by atoms with Gasteiger partial charge in [0.15, 0.2) is 5.78 Å². The van der Waals surface area contributed by atoms with Crippen LogP contribution in [0.2, 0.25) is 0 Å². The highest BCUT2D eigenvalue weighted by molar-refractivity contribution is 5.99. The molecule has 2 aliphatic rings. The predicted molar refractivity (Wildman–Crippen MR) is 44.2 cm³/mol. The molecule has 0 unspecified atom stereocenters. The Hall–Kier alpha value is -1.11. The Balaban J connectivity index is 2.39. The normalized spacial score (nSPS) is 22.4. The van der Waals surface area contributed by atoms with Gasteiger partial charge in [-0.3, -0.25) is 4.79 Å². The van der Waals surface area contributed by atoms with Gasteiger partial charge < -0.3 is 0 Å². The summed E-state index contributed by atoms with van der Waals surface area (Å²) in [6.45, 7) is 0. The lowest BCUT2D eigenvalue weighted by molar-refractivity contribution is -0.114. The van der Waals surface area contributed by atoms with Crippen molar-refractivity contribution in [3.8, 4) is 0 Å². The van der Waals surface area contributed by atoms with E-state index in [1.807, 2.05) is 18.2 Å². The first kappa shape index (κ1) is 6.59. The highest BCUT2D eigenvalue weighted by atomic mass is 16.1. The average Bonchev–Trinajstić information content (AvgIpc) is 2.25. The minimum Gasteiger partial charge on any atom is -0.295 e. The smallest absolute Gasteiger partial charge is 0.159 e. The maximum atomic E-state index is 11.2. The SMILES string of the molecule is O=C1CCC2=C1CC=CC=C2. The average molecular weight is 146 g/mol. The maximum absolute atomic E-state index is 11.2. The molecular weight excluding hydrogens is 136 g/mol. The Bertz CT molecular complexity index is 279. The molecule has 1 nitrogen and oxygen atoms in total. The molecule has 1 heteroatoms. The Morgan fingerprint density at radius 1 is 1.18 bits per heavy atom. The molecule has 2 rings (SSSR count). The minimum absolute atomic E-state index is 0.344. The van der Waals surface area contributed by atoms with Crippen molar-refractivity contribution in [3.63, 3.8) is 0 Å². The van der Waals surface area contributed by atoms with Crippen molar-refractivity contribution < 1.29 is 4.79 Å². The van der Waals surface area contributed by atoms with Crippen LogP contribution in [0.1, 0.15) is 19.3 Å². The molecule has 0 aromatic carbocycles. The summed E-state index contributed by atoms with van der Waals surface area (Å²) in [5, 5.41) is 0. The maximum Gasteiger partial charge on any atom is 0.159 e. The summed E-state index contributed by atoms with van der Waals surface area (Å²) >= 11 is 0. The van der Waals surface area contributed by atoms with Crippen LogP contribution in [0.25, 0.3) is 0 Å². The Morgan fingerprint density at radius 2 is 2.09 bits per heavy atom. The third-order valence-electron chi connectivity index (χ3n) is 2.21. The van der Waals surface area contributed by atoms with Gasteiger partial charge in [0.25, 0.3) is 0 Å². The molecule has 0 amide bonds. The van der Waals surface area contributed by atoms with Crippen LogP contribution in [0.3, 0.4) is 0 Å². The molecular formula is C10H10O. The van der Waals surface area contributed by atoms with Gasteiger partial charge in [0.1, 0.15) is 0 Å². The zero-order valence-electron chi connectivity index (χ0n) is 6.34. The van der Waals surface area contributed by atoms with Crippen LogP contribution in [-0.2, 0) is 4.79 Å². The van der Waals surface area contributed by atoms with Crippen LogP contribution < -0.4 is 0 Å². The monoisotopic (exact) mass is 146 g/mol. The van der Waals surface area contributed by atoms with E-state index in [9.17, 15) is 4.79 Å². The molecule has 0 saturated carbocycles. The van der Waals surface area contributed by atoms with E-state index in [1.54, 1.807) is 0 Å². The van der Waals surface area contributed by atoms with Crippen molar-refractivity contribution in [2.24, 2.45) is 0 Å². The lowest BCUT2D eigenvalue weighted by atomic mass is 10.1. The van der Waals surface area contributed by atoms with Crippen LogP contribution in [-0.4, -0.2) is 5.78 Å². The first-order valence-electron chi connectivity index (χ1n) is 3.96. The fraction of sp³-hybridized carbons (Fsp3) is 0.300. The molecule has 0 aromatic rings. The van der Waals surface area contributed by atoms with E-state index < -0.39 is 0 Å². The molecule has 11 heavy (non-hydrogen) atoms. The van der Waals surface area contributed by atoms with Crippen LogP contribution in [0.5, 0.6) is 0 Å². The fourth-order valence-corrected chi connectivity index (χ4v) is 1.59. The molecule has 2 aliphatic carbocycles. The van der Waals surface area contributed by atoms with E-state index in [0.29, 0.717) is 5.78 Å². The summed E-state index contributed by atoms with van der Waals surface area (Å²) < 4.78 is 0. The third-order valence-corrected chi connectivity index (χ3v) is 2.21. The van der Waals surface area contributed by atoms with E-state index in [4.69, 9.17) is 0 Å². The predicted octanol–water partition coefficient (Wildman–Crippen LogP) is 2.16. The van der Waals surface area contributed by atoms with Crippen molar-refractivity contribution in [1.82, 2.24) is 0 Å². The van der Waals surface area contributed by atoms with Crippen LogP contribution in [0.4, 0.5) is 0 Å². The second-order valence-electron chi connectivity index (χ2n) is 2.92. The molecule has 0 spiro atoms. The van der Waals surface area contributed by atoms with Crippen LogP contribution in [0.15, 0.2) is 35.5 Å². The van der Waals surface area contributed by atoms with Gasteiger partial charge in [-0.25, -0.2) is 0 Å². The van der Waals surface area contributed by atoms with Gasteiger partial charge in [-0.15, -0.1) is 0 Å². The van der Waals surface area contributed by atoms with Gasteiger partial charge in [0.05, 0.1) is 0 Å². The summed E-state index contributed by atoms with van der Waals surface area (Å²) in [4.78, 5) is 11.2. The molecule has 56 valence electrons. The van der Waals surface area contributed by atoms with E-state index in [-0.39, 0.29) is 0 Å². The first-order chi connectivity index (χ1) is 5.38. The van der Waals surface area contributed by atoms with Crippen molar-refractivity contribution in [1.29, 1.82) is 0 Å². The highest BCUT2D eigenvalue weighted by Crippen LogP contribution is 2.27. The molecule has 0 bridgehead atoms. The number of ketones is 1. The molecule has 0 atom stereocenters. The van der Waals surface area contributed by atoms with Crippen molar-refractivity contribution in [3.05, 3.63) is 35.5 Å². The number of carbonyl (C=O) groups excluding carboxylic acids is 1. The second kappa shape index (κ2) is 2.50. The van der Waals surface area contributed by atoms with E-state index >= 15 is 0 Å². The number of hydrogen-bond acceptors (Lipinski definition) is 1. The van der Waals surface area contributed by atoms with Crippen molar-refractivity contribution in [2.75, 3.05) is 0 Å². The Kier molecular flexibility index (Phi) is 1.50. The Labute approximate surface area is 66.1 Å². The standard InChI is InChI=1S/C10H10O/c11-10-7-6-8-4-2-1-3-5-9(8)10/h1-4H,5-7H2. The summed E-state index contributed by atoms with van der Waals surface area (Å²) in [5.41, 5.74) is 2.29. The number of Topliss-reactive ketones (excluding diaryl/α,β-unsaturated/α-hetero) is 1. The number of allylic oxidation sites excluding steroid dienone is 6. The van der Waals surface area contributed by atoms with Gasteiger partial charge in [-0.2, -0.15) is 0 Å². The minimum atomic E-state index is 0.344. The third kappa shape index (κ3) is 1.07. The van der Waals surface area contributed by atoms with Crippen LogP contribution >= 0.6 is 0 Å². The number of hydrogen-bond donors (Lipinski definition) is 0. The summed E-state index contributed by atoms with van der Waals surface area (Å²) in [6, 6.07) is 0. The summed E-state index contributed by atoms with van der Waals surface area (Å²) in [6.07, 6.45) is 10.6. The van der Waals surface area contributed by atoms with Gasteiger partial charge >= 0.3 is 0 Å².